The Morgan fingerprint density at radius 3 is 2.36 bits per heavy atom. The number of nitrogens with one attached hydrogen (secondary N) is 1. The van der Waals surface area contributed by atoms with E-state index in [4.69, 9.17) is 15.2 Å². The molecule has 6 nitrogen and oxygen atoms in total. The molecule has 1 aromatic carbocycles. The van der Waals surface area contributed by atoms with E-state index in [1.807, 2.05) is 19.9 Å². The van der Waals surface area contributed by atoms with Gasteiger partial charge in [0.2, 0.25) is 0 Å². The van der Waals surface area contributed by atoms with Crippen molar-refractivity contribution in [3.8, 4) is 11.5 Å². The molecule has 0 heterocycles. The molecule has 0 amide bonds. The van der Waals surface area contributed by atoms with Crippen LogP contribution in [0, 0.1) is 5.41 Å². The lowest BCUT2D eigenvalue weighted by atomic mass is 9.83. The fraction of sp³-hybridized carbons (Fsp3) is 0.562. The minimum atomic E-state index is -0.204. The predicted octanol–water partition coefficient (Wildman–Crippen LogP) is 2.23. The van der Waals surface area contributed by atoms with Crippen LogP contribution in [0.15, 0.2) is 23.2 Å². The normalized spacial score (nSPS) is 12.1. The molecular weight excluding hydrogens is 282 g/mol. The van der Waals surface area contributed by atoms with Gasteiger partial charge < -0.3 is 25.6 Å². The van der Waals surface area contributed by atoms with Gasteiger partial charge in [-0.2, -0.15) is 0 Å². The van der Waals surface area contributed by atoms with E-state index in [-0.39, 0.29) is 12.0 Å². The van der Waals surface area contributed by atoms with Crippen molar-refractivity contribution in [3.05, 3.63) is 18.2 Å². The van der Waals surface area contributed by atoms with Crippen LogP contribution in [-0.2, 0) is 0 Å². The van der Waals surface area contributed by atoms with E-state index in [0.717, 1.165) is 18.5 Å². The highest BCUT2D eigenvalue weighted by atomic mass is 16.5. The molecule has 0 fully saturated rings. The van der Waals surface area contributed by atoms with Crippen molar-refractivity contribution < 1.29 is 14.6 Å². The summed E-state index contributed by atoms with van der Waals surface area (Å²) in [7, 11) is 3.17. The maximum absolute atomic E-state index is 9.54. The van der Waals surface area contributed by atoms with Crippen LogP contribution in [0.4, 0.5) is 5.69 Å². The van der Waals surface area contributed by atoms with Crippen LogP contribution in [0.3, 0.4) is 0 Å². The number of benzene rings is 1. The van der Waals surface area contributed by atoms with Gasteiger partial charge in [0, 0.05) is 17.2 Å². The largest absolute Gasteiger partial charge is 0.493 e. The Hall–Kier alpha value is -1.95. The number of hydrogen-bond acceptors (Lipinski definition) is 4. The van der Waals surface area contributed by atoms with Gasteiger partial charge in [-0.25, -0.2) is 0 Å². The predicted molar refractivity (Wildman–Crippen MR) is 89.8 cm³/mol. The van der Waals surface area contributed by atoms with Gasteiger partial charge in [0.05, 0.1) is 27.4 Å². The van der Waals surface area contributed by atoms with Gasteiger partial charge in [-0.05, 0) is 25.0 Å². The summed E-state index contributed by atoms with van der Waals surface area (Å²) in [6.07, 6.45) is 1.71. The number of aliphatic hydroxyl groups is 1. The van der Waals surface area contributed by atoms with Crippen LogP contribution in [0.25, 0.3) is 0 Å². The average Bonchev–Trinajstić information content (AvgIpc) is 2.56. The molecule has 22 heavy (non-hydrogen) atoms. The highest BCUT2D eigenvalue weighted by Gasteiger charge is 2.24. The second kappa shape index (κ2) is 8.48. The van der Waals surface area contributed by atoms with Crippen molar-refractivity contribution in [2.24, 2.45) is 16.1 Å². The maximum Gasteiger partial charge on any atom is 0.193 e. The summed E-state index contributed by atoms with van der Waals surface area (Å²) in [5.41, 5.74) is 6.49. The second-order valence-electron chi connectivity index (χ2n) is 5.26. The number of ether oxygens (including phenoxy) is 2. The van der Waals surface area contributed by atoms with Crippen LogP contribution in [-0.4, -0.2) is 38.4 Å². The third-order valence-corrected chi connectivity index (χ3v) is 4.08. The first-order valence-electron chi connectivity index (χ1n) is 7.44. The lowest BCUT2D eigenvalue weighted by Gasteiger charge is -2.27. The molecule has 1 aromatic rings. The van der Waals surface area contributed by atoms with Gasteiger partial charge in [-0.15, -0.1) is 0 Å². The van der Waals surface area contributed by atoms with Crippen molar-refractivity contribution in [2.75, 3.05) is 32.7 Å². The molecular formula is C16H27N3O3. The van der Waals surface area contributed by atoms with E-state index in [0.29, 0.717) is 24.0 Å². The number of guanidine groups is 1. The van der Waals surface area contributed by atoms with Crippen molar-refractivity contribution in [2.45, 2.75) is 26.7 Å². The van der Waals surface area contributed by atoms with Crippen molar-refractivity contribution in [1.29, 1.82) is 0 Å². The smallest absolute Gasteiger partial charge is 0.193 e. The number of nitrogens with zero attached hydrogens (tertiary/aromatic N) is 1. The number of hydrogen-bond donors (Lipinski definition) is 3. The first-order valence-corrected chi connectivity index (χ1v) is 7.44. The van der Waals surface area contributed by atoms with E-state index in [2.05, 4.69) is 10.3 Å². The first kappa shape index (κ1) is 18.1. The number of rotatable bonds is 8. The minimum Gasteiger partial charge on any atom is -0.493 e. The molecule has 0 radical (unpaired) electrons. The van der Waals surface area contributed by atoms with Crippen molar-refractivity contribution >= 4 is 11.6 Å². The molecule has 0 saturated heterocycles. The minimum absolute atomic E-state index is 0.104. The molecule has 0 aliphatic carbocycles. The van der Waals surface area contributed by atoms with E-state index in [1.165, 1.54) is 0 Å². The molecule has 124 valence electrons. The van der Waals surface area contributed by atoms with Crippen LogP contribution in [0.5, 0.6) is 11.5 Å². The maximum atomic E-state index is 9.54. The fourth-order valence-electron chi connectivity index (χ4n) is 2.10. The quantitative estimate of drug-likeness (QED) is 0.506. The molecule has 0 aliphatic heterocycles. The van der Waals surface area contributed by atoms with Gasteiger partial charge in [0.1, 0.15) is 0 Å². The summed E-state index contributed by atoms with van der Waals surface area (Å²) in [5.74, 6) is 1.58. The molecule has 0 unspecified atom stereocenters. The number of methoxy groups -OCH3 is 2. The zero-order chi connectivity index (χ0) is 16.6. The third-order valence-electron chi connectivity index (χ3n) is 4.08. The molecule has 0 spiro atoms. The SMILES string of the molecule is CCC(CC)(CO)CN=C(N)Nc1ccc(OC)c(OC)c1. The molecule has 0 bridgehead atoms. The molecule has 0 saturated carbocycles. The van der Waals surface area contributed by atoms with Gasteiger partial charge in [0.15, 0.2) is 17.5 Å². The number of nitrogens with two attached hydrogens (primary N) is 1. The zero-order valence-electron chi connectivity index (χ0n) is 13.8. The van der Waals surface area contributed by atoms with E-state index < -0.39 is 0 Å². The average molecular weight is 309 g/mol. The summed E-state index contributed by atoms with van der Waals surface area (Å²) >= 11 is 0. The van der Waals surface area contributed by atoms with Gasteiger partial charge >= 0.3 is 0 Å². The van der Waals surface area contributed by atoms with E-state index in [9.17, 15) is 5.11 Å². The monoisotopic (exact) mass is 309 g/mol. The van der Waals surface area contributed by atoms with Gasteiger partial charge in [-0.3, -0.25) is 4.99 Å². The van der Waals surface area contributed by atoms with Crippen LogP contribution in [0.2, 0.25) is 0 Å². The van der Waals surface area contributed by atoms with Gasteiger partial charge in [0.25, 0.3) is 0 Å². The number of aliphatic hydroxyl groups excluding tert-OH is 1. The van der Waals surface area contributed by atoms with Crippen molar-refractivity contribution in [1.82, 2.24) is 0 Å². The summed E-state index contributed by atoms with van der Waals surface area (Å²) in [5, 5.41) is 12.6. The Bertz CT molecular complexity index is 491. The molecule has 6 heteroatoms. The topological polar surface area (TPSA) is 89.1 Å². The highest BCUT2D eigenvalue weighted by Crippen LogP contribution is 2.30. The van der Waals surface area contributed by atoms with Crippen LogP contribution >= 0.6 is 0 Å². The lowest BCUT2D eigenvalue weighted by molar-refractivity contribution is 0.123. The summed E-state index contributed by atoms with van der Waals surface area (Å²) in [6.45, 7) is 4.69. The summed E-state index contributed by atoms with van der Waals surface area (Å²) in [4.78, 5) is 4.35. The fourth-order valence-corrected chi connectivity index (χ4v) is 2.10. The Morgan fingerprint density at radius 2 is 1.86 bits per heavy atom. The van der Waals surface area contributed by atoms with Crippen LogP contribution in [0.1, 0.15) is 26.7 Å². The zero-order valence-corrected chi connectivity index (χ0v) is 13.8. The lowest BCUT2D eigenvalue weighted by Crippen LogP contribution is -2.30. The number of aliphatic imine (C=N–C) groups is 1. The summed E-state index contributed by atoms with van der Waals surface area (Å²) in [6, 6.07) is 5.42. The highest BCUT2D eigenvalue weighted by molar-refractivity contribution is 5.92. The Morgan fingerprint density at radius 1 is 1.23 bits per heavy atom. The van der Waals surface area contributed by atoms with E-state index in [1.54, 1.807) is 26.4 Å². The Kier molecular flexibility index (Phi) is 6.98. The number of anilines is 1. The molecule has 4 N–H and O–H groups in total. The molecule has 0 aromatic heterocycles. The first-order chi connectivity index (χ1) is 10.5. The van der Waals surface area contributed by atoms with Gasteiger partial charge in [-0.1, -0.05) is 13.8 Å². The molecule has 1 rings (SSSR count). The second-order valence-corrected chi connectivity index (χ2v) is 5.26. The third kappa shape index (κ3) is 4.53. The Balaban J connectivity index is 2.79. The molecule has 0 atom stereocenters. The Labute approximate surface area is 132 Å². The molecule has 0 aliphatic rings. The van der Waals surface area contributed by atoms with E-state index >= 15 is 0 Å². The standard InChI is InChI=1S/C16H27N3O3/c1-5-16(6-2,11-20)10-18-15(17)19-12-7-8-13(21-3)14(9-12)22-4/h7-9,20H,5-6,10-11H2,1-4H3,(H3,17,18,19). The van der Waals surface area contributed by atoms with Crippen LogP contribution < -0.4 is 20.5 Å². The van der Waals surface area contributed by atoms with Crippen molar-refractivity contribution in [3.63, 3.8) is 0 Å². The summed E-state index contributed by atoms with van der Waals surface area (Å²) < 4.78 is 10.4.